The molecule has 0 N–H and O–H groups in total. The molecule has 1 amide bonds. The van der Waals surface area contributed by atoms with Crippen LogP contribution in [-0.4, -0.2) is 38.9 Å². The van der Waals surface area contributed by atoms with Crippen molar-refractivity contribution >= 4 is 5.91 Å². The zero-order valence-electron chi connectivity index (χ0n) is 11.6. The molecule has 2 heterocycles. The first kappa shape index (κ1) is 12.8. The molecule has 1 unspecified atom stereocenters. The van der Waals surface area contributed by atoms with E-state index in [0.29, 0.717) is 5.92 Å². The van der Waals surface area contributed by atoms with Gasteiger partial charge >= 0.3 is 0 Å². The van der Waals surface area contributed by atoms with Crippen molar-refractivity contribution in [2.24, 2.45) is 5.92 Å². The number of rotatable bonds is 3. The Morgan fingerprint density at radius 1 is 1.35 bits per heavy atom. The van der Waals surface area contributed by atoms with E-state index in [1.807, 2.05) is 41.4 Å². The highest BCUT2D eigenvalue weighted by atomic mass is 16.2. The predicted octanol–water partition coefficient (Wildman–Crippen LogP) is 1.81. The van der Waals surface area contributed by atoms with Crippen LogP contribution in [0.5, 0.6) is 0 Å². The normalized spacial score (nSPS) is 18.4. The largest absolute Gasteiger partial charge is 0.341 e. The molecule has 1 aromatic carbocycles. The minimum Gasteiger partial charge on any atom is -0.341 e. The van der Waals surface area contributed by atoms with Crippen molar-refractivity contribution in [1.82, 2.24) is 19.9 Å². The number of carbonyl (C=O) groups excluding carboxylic acids is 1. The highest BCUT2D eigenvalue weighted by Gasteiger charge is 2.23. The lowest BCUT2D eigenvalue weighted by atomic mass is 10.2. The Morgan fingerprint density at radius 3 is 2.85 bits per heavy atom. The molecule has 0 spiro atoms. The standard InChI is InChI=1S/C15H18N4O/c1-12-7-8-18(9-12)15(20)11-19-10-14(16-17-19)13-5-3-2-4-6-13/h2-6,10,12H,7-9,11H2,1H3. The summed E-state index contributed by atoms with van der Waals surface area (Å²) < 4.78 is 1.62. The van der Waals surface area contributed by atoms with Gasteiger partial charge < -0.3 is 4.90 Å². The molecular formula is C15H18N4O. The maximum atomic E-state index is 12.1. The molecule has 1 fully saturated rings. The fourth-order valence-corrected chi connectivity index (χ4v) is 2.52. The second-order valence-electron chi connectivity index (χ2n) is 5.40. The third-order valence-corrected chi connectivity index (χ3v) is 3.68. The second kappa shape index (κ2) is 5.45. The number of nitrogens with zero attached hydrogens (tertiary/aromatic N) is 4. The van der Waals surface area contributed by atoms with Gasteiger partial charge in [-0.3, -0.25) is 4.79 Å². The van der Waals surface area contributed by atoms with Gasteiger partial charge in [0.15, 0.2) is 0 Å². The van der Waals surface area contributed by atoms with E-state index in [-0.39, 0.29) is 12.5 Å². The maximum absolute atomic E-state index is 12.1. The fraction of sp³-hybridized carbons (Fsp3) is 0.400. The van der Waals surface area contributed by atoms with Crippen LogP contribution in [0.15, 0.2) is 36.5 Å². The van der Waals surface area contributed by atoms with Gasteiger partial charge in [0, 0.05) is 18.7 Å². The van der Waals surface area contributed by atoms with Crippen LogP contribution < -0.4 is 0 Å². The molecule has 0 saturated carbocycles. The quantitative estimate of drug-likeness (QED) is 0.854. The van der Waals surface area contributed by atoms with Crippen molar-refractivity contribution in [3.8, 4) is 11.3 Å². The maximum Gasteiger partial charge on any atom is 0.244 e. The Labute approximate surface area is 118 Å². The Balaban J connectivity index is 1.67. The van der Waals surface area contributed by atoms with E-state index in [2.05, 4.69) is 17.2 Å². The number of aromatic nitrogens is 3. The summed E-state index contributed by atoms with van der Waals surface area (Å²) in [6.07, 6.45) is 2.92. The molecule has 20 heavy (non-hydrogen) atoms. The van der Waals surface area contributed by atoms with E-state index in [9.17, 15) is 4.79 Å². The van der Waals surface area contributed by atoms with Gasteiger partial charge in [-0.05, 0) is 12.3 Å². The van der Waals surface area contributed by atoms with Gasteiger partial charge in [-0.15, -0.1) is 5.10 Å². The van der Waals surface area contributed by atoms with Crippen LogP contribution in [0.25, 0.3) is 11.3 Å². The molecule has 1 saturated heterocycles. The number of hydrogen-bond donors (Lipinski definition) is 0. The number of likely N-dealkylation sites (tertiary alicyclic amines) is 1. The van der Waals surface area contributed by atoms with Crippen molar-refractivity contribution in [1.29, 1.82) is 0 Å². The first-order valence-corrected chi connectivity index (χ1v) is 6.95. The van der Waals surface area contributed by atoms with Gasteiger partial charge in [0.1, 0.15) is 12.2 Å². The number of benzene rings is 1. The molecule has 1 aliphatic heterocycles. The summed E-state index contributed by atoms with van der Waals surface area (Å²) in [7, 11) is 0. The van der Waals surface area contributed by atoms with Gasteiger partial charge in [0.2, 0.25) is 5.91 Å². The van der Waals surface area contributed by atoms with Crippen LogP contribution in [0.3, 0.4) is 0 Å². The molecule has 1 aliphatic rings. The summed E-state index contributed by atoms with van der Waals surface area (Å²) in [6.45, 7) is 4.17. The van der Waals surface area contributed by atoms with Crippen LogP contribution in [0.4, 0.5) is 0 Å². The topological polar surface area (TPSA) is 51.0 Å². The van der Waals surface area contributed by atoms with Gasteiger partial charge in [-0.2, -0.15) is 0 Å². The van der Waals surface area contributed by atoms with E-state index in [1.54, 1.807) is 4.68 Å². The number of amides is 1. The third kappa shape index (κ3) is 2.71. The Hall–Kier alpha value is -2.17. The summed E-state index contributed by atoms with van der Waals surface area (Å²) in [5.41, 5.74) is 1.81. The van der Waals surface area contributed by atoms with E-state index < -0.39 is 0 Å². The van der Waals surface area contributed by atoms with Gasteiger partial charge in [-0.1, -0.05) is 42.5 Å². The average molecular weight is 270 g/mol. The van der Waals surface area contributed by atoms with E-state index >= 15 is 0 Å². The monoisotopic (exact) mass is 270 g/mol. The van der Waals surface area contributed by atoms with Crippen LogP contribution in [0.2, 0.25) is 0 Å². The van der Waals surface area contributed by atoms with Crippen LogP contribution in [0, 0.1) is 5.92 Å². The second-order valence-corrected chi connectivity index (χ2v) is 5.40. The van der Waals surface area contributed by atoms with E-state index in [1.165, 1.54) is 0 Å². The fourth-order valence-electron chi connectivity index (χ4n) is 2.52. The zero-order valence-corrected chi connectivity index (χ0v) is 11.6. The molecular weight excluding hydrogens is 252 g/mol. The van der Waals surface area contributed by atoms with Gasteiger partial charge in [0.25, 0.3) is 0 Å². The minimum atomic E-state index is 0.124. The molecule has 5 nitrogen and oxygen atoms in total. The molecule has 1 aromatic heterocycles. The number of carbonyl (C=O) groups is 1. The van der Waals surface area contributed by atoms with Gasteiger partial charge in [-0.25, -0.2) is 4.68 Å². The van der Waals surface area contributed by atoms with Crippen molar-refractivity contribution in [3.05, 3.63) is 36.5 Å². The van der Waals surface area contributed by atoms with Crippen molar-refractivity contribution in [2.75, 3.05) is 13.1 Å². The summed E-state index contributed by atoms with van der Waals surface area (Å²) in [4.78, 5) is 14.1. The lowest BCUT2D eigenvalue weighted by Crippen LogP contribution is -2.31. The van der Waals surface area contributed by atoms with Crippen molar-refractivity contribution in [2.45, 2.75) is 19.9 Å². The molecule has 104 valence electrons. The molecule has 5 heteroatoms. The SMILES string of the molecule is CC1CCN(C(=O)Cn2cc(-c3ccccc3)nn2)C1. The summed E-state index contributed by atoms with van der Waals surface area (Å²) in [5, 5.41) is 8.17. The molecule has 0 bridgehead atoms. The van der Waals surface area contributed by atoms with Crippen molar-refractivity contribution < 1.29 is 4.79 Å². The highest BCUT2D eigenvalue weighted by Crippen LogP contribution is 2.17. The lowest BCUT2D eigenvalue weighted by Gasteiger charge is -2.15. The number of hydrogen-bond acceptors (Lipinski definition) is 3. The highest BCUT2D eigenvalue weighted by molar-refractivity contribution is 5.76. The molecule has 2 aromatic rings. The molecule has 0 aliphatic carbocycles. The average Bonchev–Trinajstić information content (AvgIpc) is 3.09. The van der Waals surface area contributed by atoms with E-state index in [0.717, 1.165) is 30.8 Å². The Bertz CT molecular complexity index is 593. The first-order valence-electron chi connectivity index (χ1n) is 6.95. The minimum absolute atomic E-state index is 0.124. The molecule has 1 atom stereocenters. The van der Waals surface area contributed by atoms with Crippen LogP contribution in [-0.2, 0) is 11.3 Å². The third-order valence-electron chi connectivity index (χ3n) is 3.68. The van der Waals surface area contributed by atoms with Crippen molar-refractivity contribution in [3.63, 3.8) is 0 Å². The lowest BCUT2D eigenvalue weighted by molar-refractivity contribution is -0.131. The van der Waals surface area contributed by atoms with E-state index in [4.69, 9.17) is 0 Å². The summed E-state index contributed by atoms with van der Waals surface area (Å²) in [6, 6.07) is 9.86. The van der Waals surface area contributed by atoms with Crippen LogP contribution >= 0.6 is 0 Å². The smallest absolute Gasteiger partial charge is 0.244 e. The molecule has 0 radical (unpaired) electrons. The Kier molecular flexibility index (Phi) is 3.50. The molecule has 3 rings (SSSR count). The Morgan fingerprint density at radius 2 is 2.15 bits per heavy atom. The summed E-state index contributed by atoms with van der Waals surface area (Å²) >= 11 is 0. The summed E-state index contributed by atoms with van der Waals surface area (Å²) in [5.74, 6) is 0.730. The predicted molar refractivity (Wildman–Crippen MR) is 75.8 cm³/mol. The van der Waals surface area contributed by atoms with Gasteiger partial charge in [0.05, 0.1) is 6.20 Å². The zero-order chi connectivity index (χ0) is 13.9. The first-order chi connectivity index (χ1) is 9.72. The van der Waals surface area contributed by atoms with Crippen LogP contribution in [0.1, 0.15) is 13.3 Å².